The smallest absolute Gasteiger partial charge is 0.352 e. The maximum Gasteiger partial charge on any atom is 0.352 e. The molecule has 0 aliphatic carbocycles. The summed E-state index contributed by atoms with van der Waals surface area (Å²) >= 11 is 0. The van der Waals surface area contributed by atoms with E-state index >= 15 is 0 Å². The lowest BCUT2D eigenvalue weighted by Crippen LogP contribution is -2.53. The van der Waals surface area contributed by atoms with E-state index < -0.39 is 40.9 Å². The predicted molar refractivity (Wildman–Crippen MR) is 64.3 cm³/mol. The number of carboxylic acid groups (broad SMARTS) is 1. The number of hydrogen-bond donors (Lipinski definition) is 2. The number of piperazine rings is 1. The van der Waals surface area contributed by atoms with Crippen LogP contribution in [0.3, 0.4) is 0 Å². The Balaban J connectivity index is 2.40. The van der Waals surface area contributed by atoms with Crippen molar-refractivity contribution in [2.75, 3.05) is 13.1 Å². The van der Waals surface area contributed by atoms with E-state index in [-0.39, 0.29) is 10.6 Å². The van der Waals surface area contributed by atoms with Crippen LogP contribution in [0.5, 0.6) is 0 Å². The molecular weight excluding hydrogens is 290 g/mol. The van der Waals surface area contributed by atoms with Gasteiger partial charge in [0.2, 0.25) is 21.8 Å². The van der Waals surface area contributed by atoms with Crippen molar-refractivity contribution < 1.29 is 27.9 Å². The van der Waals surface area contributed by atoms with Crippen molar-refractivity contribution in [2.24, 2.45) is 7.05 Å². The zero-order valence-electron chi connectivity index (χ0n) is 10.4. The first-order valence-electron chi connectivity index (χ1n) is 5.44. The van der Waals surface area contributed by atoms with E-state index in [0.29, 0.717) is 4.31 Å². The van der Waals surface area contributed by atoms with Crippen molar-refractivity contribution in [3.05, 3.63) is 18.0 Å². The first kappa shape index (κ1) is 14.2. The maximum absolute atomic E-state index is 12.3. The molecule has 1 fully saturated rings. The standard InChI is InChI=1S/C10H11N3O6S/c1-12-3-6(2-7(12)10(16)17)20(18,19)13-4-8(14)11-9(15)5-13/h2-3H,4-5H2,1H3,(H,16,17)(H,11,14,15). The Morgan fingerprint density at radius 1 is 1.30 bits per heavy atom. The van der Waals surface area contributed by atoms with Crippen molar-refractivity contribution in [2.45, 2.75) is 4.90 Å². The molecule has 1 aromatic heterocycles. The number of hydrogen-bond acceptors (Lipinski definition) is 5. The molecule has 1 aromatic rings. The molecular formula is C10H11N3O6S. The fourth-order valence-corrected chi connectivity index (χ4v) is 3.24. The molecule has 0 bridgehead atoms. The number of nitrogens with zero attached hydrogens (tertiary/aromatic N) is 2. The van der Waals surface area contributed by atoms with E-state index in [1.807, 2.05) is 5.32 Å². The van der Waals surface area contributed by atoms with Crippen LogP contribution in [0.1, 0.15) is 10.5 Å². The van der Waals surface area contributed by atoms with Gasteiger partial charge in [0.05, 0.1) is 13.1 Å². The van der Waals surface area contributed by atoms with Gasteiger partial charge < -0.3 is 9.67 Å². The van der Waals surface area contributed by atoms with Crippen LogP contribution in [0, 0.1) is 0 Å². The van der Waals surface area contributed by atoms with Gasteiger partial charge in [0, 0.05) is 13.2 Å². The van der Waals surface area contributed by atoms with E-state index in [9.17, 15) is 22.8 Å². The van der Waals surface area contributed by atoms with Gasteiger partial charge >= 0.3 is 5.97 Å². The quantitative estimate of drug-likeness (QED) is 0.646. The van der Waals surface area contributed by atoms with Gasteiger partial charge in [-0.2, -0.15) is 4.31 Å². The first-order chi connectivity index (χ1) is 9.21. The number of nitrogens with one attached hydrogen (secondary N) is 1. The lowest BCUT2D eigenvalue weighted by molar-refractivity contribution is -0.134. The molecule has 0 aromatic carbocycles. The molecule has 10 heteroatoms. The minimum Gasteiger partial charge on any atom is -0.477 e. The van der Waals surface area contributed by atoms with Gasteiger partial charge in [0.1, 0.15) is 10.6 Å². The van der Waals surface area contributed by atoms with Crippen LogP contribution < -0.4 is 5.32 Å². The second-order valence-electron chi connectivity index (χ2n) is 4.22. The number of carboxylic acids is 1. The Labute approximate surface area is 113 Å². The largest absolute Gasteiger partial charge is 0.477 e. The fraction of sp³-hybridized carbons (Fsp3) is 0.300. The summed E-state index contributed by atoms with van der Waals surface area (Å²) in [5.74, 6) is -2.72. The van der Waals surface area contributed by atoms with Gasteiger partial charge in [0.15, 0.2) is 0 Å². The lowest BCUT2D eigenvalue weighted by atomic mass is 10.4. The van der Waals surface area contributed by atoms with Crippen molar-refractivity contribution in [3.63, 3.8) is 0 Å². The molecule has 2 rings (SSSR count). The van der Waals surface area contributed by atoms with Crippen molar-refractivity contribution in [1.82, 2.24) is 14.2 Å². The highest BCUT2D eigenvalue weighted by atomic mass is 32.2. The summed E-state index contributed by atoms with van der Waals surface area (Å²) < 4.78 is 26.4. The highest BCUT2D eigenvalue weighted by Crippen LogP contribution is 2.19. The SMILES string of the molecule is Cn1cc(S(=O)(=O)N2CC(=O)NC(=O)C2)cc1C(=O)O. The number of amides is 2. The minimum atomic E-state index is -4.10. The van der Waals surface area contributed by atoms with Gasteiger partial charge in [-0.15, -0.1) is 0 Å². The van der Waals surface area contributed by atoms with Crippen LogP contribution in [0.25, 0.3) is 0 Å². The van der Waals surface area contributed by atoms with Crippen LogP contribution in [-0.4, -0.2) is 53.3 Å². The molecule has 0 saturated carbocycles. The topological polar surface area (TPSA) is 126 Å². The molecule has 0 spiro atoms. The van der Waals surface area contributed by atoms with Crippen LogP contribution in [0.4, 0.5) is 0 Å². The summed E-state index contributed by atoms with van der Waals surface area (Å²) in [7, 11) is -2.71. The van der Waals surface area contributed by atoms with Crippen LogP contribution in [-0.2, 0) is 26.7 Å². The number of aromatic carboxylic acids is 1. The summed E-state index contributed by atoms with van der Waals surface area (Å²) in [4.78, 5) is 33.0. The Hall–Kier alpha value is -2.20. The van der Waals surface area contributed by atoms with E-state index in [4.69, 9.17) is 5.11 Å². The molecule has 108 valence electrons. The zero-order chi connectivity index (χ0) is 15.1. The van der Waals surface area contributed by atoms with Crippen LogP contribution >= 0.6 is 0 Å². The number of carbonyl (C=O) groups excluding carboxylic acids is 2. The molecule has 1 aliphatic heterocycles. The summed E-state index contributed by atoms with van der Waals surface area (Å²) in [6, 6.07) is 0.981. The summed E-state index contributed by atoms with van der Waals surface area (Å²) in [6.07, 6.45) is 1.12. The molecule has 2 N–H and O–H groups in total. The third kappa shape index (κ3) is 2.42. The number of aromatic nitrogens is 1. The first-order valence-corrected chi connectivity index (χ1v) is 6.88. The summed E-state index contributed by atoms with van der Waals surface area (Å²) in [5.41, 5.74) is -0.212. The number of aryl methyl sites for hydroxylation is 1. The molecule has 1 saturated heterocycles. The monoisotopic (exact) mass is 301 g/mol. The van der Waals surface area contributed by atoms with Gasteiger partial charge in [-0.1, -0.05) is 0 Å². The predicted octanol–water partition coefficient (Wildman–Crippen LogP) is -1.63. The molecule has 2 heterocycles. The average molecular weight is 301 g/mol. The Kier molecular flexibility index (Phi) is 3.36. The molecule has 0 unspecified atom stereocenters. The Morgan fingerprint density at radius 2 is 1.85 bits per heavy atom. The highest BCUT2D eigenvalue weighted by Gasteiger charge is 2.34. The van der Waals surface area contributed by atoms with Crippen molar-refractivity contribution >= 4 is 27.8 Å². The van der Waals surface area contributed by atoms with Gasteiger partial charge in [0.25, 0.3) is 0 Å². The second kappa shape index (κ2) is 4.72. The molecule has 0 atom stereocenters. The van der Waals surface area contributed by atoms with Gasteiger partial charge in [-0.05, 0) is 6.07 Å². The van der Waals surface area contributed by atoms with Crippen molar-refractivity contribution in [1.29, 1.82) is 0 Å². The van der Waals surface area contributed by atoms with E-state index in [2.05, 4.69) is 0 Å². The van der Waals surface area contributed by atoms with Gasteiger partial charge in [-0.25, -0.2) is 13.2 Å². The highest BCUT2D eigenvalue weighted by molar-refractivity contribution is 7.89. The fourth-order valence-electron chi connectivity index (χ4n) is 1.82. The minimum absolute atomic E-state index is 0.212. The molecule has 9 nitrogen and oxygen atoms in total. The van der Waals surface area contributed by atoms with Crippen LogP contribution in [0.2, 0.25) is 0 Å². The second-order valence-corrected chi connectivity index (χ2v) is 6.16. The van der Waals surface area contributed by atoms with Crippen molar-refractivity contribution in [3.8, 4) is 0 Å². The number of imide groups is 1. The summed E-state index contributed by atoms with van der Waals surface area (Å²) in [6.45, 7) is -0.962. The number of carbonyl (C=O) groups is 3. The molecule has 1 aliphatic rings. The molecule has 0 radical (unpaired) electrons. The van der Waals surface area contributed by atoms with Crippen LogP contribution in [0.15, 0.2) is 17.2 Å². The Bertz CT molecular complexity index is 689. The maximum atomic E-state index is 12.3. The van der Waals surface area contributed by atoms with E-state index in [1.165, 1.54) is 7.05 Å². The molecule has 2 amide bonds. The summed E-state index contributed by atoms with van der Waals surface area (Å²) in [5, 5.41) is 10.9. The Morgan fingerprint density at radius 3 is 2.30 bits per heavy atom. The normalized spacial score (nSPS) is 17.1. The zero-order valence-corrected chi connectivity index (χ0v) is 11.2. The molecule has 20 heavy (non-hydrogen) atoms. The average Bonchev–Trinajstić information content (AvgIpc) is 2.70. The lowest BCUT2D eigenvalue weighted by Gasteiger charge is -2.24. The van der Waals surface area contributed by atoms with E-state index in [1.54, 1.807) is 0 Å². The van der Waals surface area contributed by atoms with E-state index in [0.717, 1.165) is 16.8 Å². The number of rotatable bonds is 3. The number of sulfonamides is 1. The third-order valence-corrected chi connectivity index (χ3v) is 4.51. The van der Waals surface area contributed by atoms with Gasteiger partial charge in [-0.3, -0.25) is 14.9 Å². The third-order valence-electron chi connectivity index (χ3n) is 2.76.